The van der Waals surface area contributed by atoms with E-state index in [2.05, 4.69) is 255 Å². The smallest absolute Gasteiger partial charge is 0.164 e. The maximum atomic E-state index is 5.39. The van der Waals surface area contributed by atoms with Gasteiger partial charge in [0.2, 0.25) is 0 Å². The summed E-state index contributed by atoms with van der Waals surface area (Å²) in [4.78, 5) is 15.9. The summed E-state index contributed by atoms with van der Waals surface area (Å²) in [5.74, 6) is 1.84. The van der Waals surface area contributed by atoms with Gasteiger partial charge in [0.05, 0.1) is 54.5 Å². The first-order chi connectivity index (χ1) is 41.2. The van der Waals surface area contributed by atoms with E-state index in [0.29, 0.717) is 17.5 Å². The molecule has 6 heterocycles. The monoisotopic (exact) mass is 1080 g/mol. The van der Waals surface area contributed by atoms with Crippen LogP contribution in [0.2, 0.25) is 0 Å². The third kappa shape index (κ3) is 6.75. The lowest BCUT2D eigenvalue weighted by molar-refractivity contribution is 1.07. The molecular weight excluding hydrogens is 1030 g/mol. The van der Waals surface area contributed by atoms with Crippen molar-refractivity contribution in [1.82, 2.24) is 33.2 Å². The largest absolute Gasteiger partial charge is 0.309 e. The van der Waals surface area contributed by atoms with Gasteiger partial charge in [-0.15, -0.1) is 11.3 Å². The molecule has 0 atom stereocenters. The number of rotatable bonds is 7. The van der Waals surface area contributed by atoms with Gasteiger partial charge in [0.15, 0.2) is 17.5 Å². The van der Waals surface area contributed by atoms with E-state index >= 15 is 0 Å². The first-order valence-corrected chi connectivity index (χ1v) is 28.9. The Hall–Kier alpha value is -10.9. The highest BCUT2D eigenvalue weighted by atomic mass is 32.1. The molecule has 0 bridgehead atoms. The first kappa shape index (κ1) is 45.9. The number of thiophene rings is 1. The molecule has 18 aromatic rings. The van der Waals surface area contributed by atoms with Crippen molar-refractivity contribution in [2.75, 3.05) is 0 Å². The molecule has 0 spiro atoms. The van der Waals surface area contributed by atoms with Crippen molar-refractivity contribution < 1.29 is 0 Å². The normalized spacial score (nSPS) is 12.1. The molecule has 0 amide bonds. The number of para-hydroxylation sites is 6. The molecule has 0 aliphatic carbocycles. The van der Waals surface area contributed by atoms with Crippen molar-refractivity contribution in [1.29, 1.82) is 0 Å². The average molecular weight is 1080 g/mol. The summed E-state index contributed by atoms with van der Waals surface area (Å²) in [5, 5.41) is 12.0. The predicted octanol–water partition coefficient (Wildman–Crippen LogP) is 19.6. The van der Waals surface area contributed by atoms with Crippen molar-refractivity contribution in [3.05, 3.63) is 273 Å². The highest BCUT2D eigenvalue weighted by Crippen LogP contribution is 2.48. The predicted molar refractivity (Wildman–Crippen MR) is 346 cm³/mol. The van der Waals surface area contributed by atoms with E-state index in [0.717, 1.165) is 72.3 Å². The van der Waals surface area contributed by atoms with Gasteiger partial charge < -0.3 is 18.3 Å². The number of aromatic nitrogens is 7. The Kier molecular flexibility index (Phi) is 9.83. The Balaban J connectivity index is 0.947. The zero-order valence-electron chi connectivity index (χ0n) is 44.5. The first-order valence-electron chi connectivity index (χ1n) is 28.1. The molecule has 0 aliphatic rings. The van der Waals surface area contributed by atoms with E-state index in [1.54, 1.807) is 0 Å². The van der Waals surface area contributed by atoms with E-state index in [-0.39, 0.29) is 0 Å². The Morgan fingerprint density at radius 1 is 0.253 bits per heavy atom. The fourth-order valence-corrected chi connectivity index (χ4v) is 14.6. The number of benzene rings is 12. The fraction of sp³-hybridized carbons (Fsp3) is 0. The molecule has 18 rings (SSSR count). The van der Waals surface area contributed by atoms with E-state index in [1.165, 1.54) is 74.6 Å². The summed E-state index contributed by atoms with van der Waals surface area (Å²) in [6.45, 7) is 0. The fourth-order valence-electron chi connectivity index (χ4n) is 13.5. The van der Waals surface area contributed by atoms with E-state index < -0.39 is 0 Å². The van der Waals surface area contributed by atoms with Crippen LogP contribution in [0.25, 0.3) is 164 Å². The van der Waals surface area contributed by atoms with Crippen LogP contribution in [0.5, 0.6) is 0 Å². The second kappa shape index (κ2) is 17.8. The van der Waals surface area contributed by atoms with Gasteiger partial charge in [-0.3, -0.25) is 0 Å². The van der Waals surface area contributed by atoms with Crippen LogP contribution in [-0.4, -0.2) is 33.2 Å². The molecule has 0 radical (unpaired) electrons. The summed E-state index contributed by atoms with van der Waals surface area (Å²) < 4.78 is 12.2. The molecule has 6 aromatic heterocycles. The molecule has 0 fully saturated rings. The highest BCUT2D eigenvalue weighted by Gasteiger charge is 2.26. The highest BCUT2D eigenvalue weighted by molar-refractivity contribution is 7.26. The minimum atomic E-state index is 0.601. The summed E-state index contributed by atoms with van der Waals surface area (Å²) >= 11 is 1.84. The Morgan fingerprint density at radius 2 is 0.675 bits per heavy atom. The van der Waals surface area contributed by atoms with Crippen LogP contribution in [0.3, 0.4) is 0 Å². The van der Waals surface area contributed by atoms with E-state index in [4.69, 9.17) is 15.0 Å². The van der Waals surface area contributed by atoms with Gasteiger partial charge in [0, 0.05) is 92.3 Å². The standard InChI is InChI=1S/C75H45N7S/c1-5-21-46(22-6-1)73-76-74(47-23-7-2-8-24-47)78-75(77-73)48-43-59-58-45-51(79-62-35-19-15-31-56(62)68-64(79)40-38-54-52-29-13-17-33-60(52)80(70(54)68)49-25-9-3-10-26-49)37-42-67(58)83-72(59)66(44-48)82-63-36-20-16-32-57(63)69-65(82)41-39-55-53-30-14-18-34-61(53)81(71(55)69)50-27-11-4-12-28-50/h1-45H. The second-order valence-electron chi connectivity index (χ2n) is 21.5. The van der Waals surface area contributed by atoms with Gasteiger partial charge in [0.1, 0.15) is 0 Å². The Bertz CT molecular complexity index is 5620. The lowest BCUT2D eigenvalue weighted by Gasteiger charge is -2.14. The van der Waals surface area contributed by atoms with Gasteiger partial charge in [-0.25, -0.2) is 15.0 Å². The van der Waals surface area contributed by atoms with Gasteiger partial charge in [-0.2, -0.15) is 0 Å². The zero-order chi connectivity index (χ0) is 54.3. The number of fused-ring (bicyclic) bond motifs is 17. The average Bonchev–Trinajstić information content (AvgIpc) is 2.01. The Morgan fingerprint density at radius 3 is 1.19 bits per heavy atom. The molecule has 7 nitrogen and oxygen atoms in total. The number of nitrogens with zero attached hydrogens (tertiary/aromatic N) is 7. The van der Waals surface area contributed by atoms with Crippen LogP contribution in [0.4, 0.5) is 0 Å². The molecule has 0 saturated heterocycles. The van der Waals surface area contributed by atoms with Gasteiger partial charge >= 0.3 is 0 Å². The lowest BCUT2D eigenvalue weighted by Crippen LogP contribution is -2.01. The van der Waals surface area contributed by atoms with Crippen LogP contribution in [-0.2, 0) is 0 Å². The van der Waals surface area contributed by atoms with Crippen molar-refractivity contribution in [2.24, 2.45) is 0 Å². The maximum Gasteiger partial charge on any atom is 0.164 e. The van der Waals surface area contributed by atoms with Crippen LogP contribution < -0.4 is 0 Å². The van der Waals surface area contributed by atoms with E-state index in [1.807, 2.05) is 47.7 Å². The number of hydrogen-bond donors (Lipinski definition) is 0. The summed E-state index contributed by atoms with van der Waals surface area (Å²) in [7, 11) is 0. The third-order valence-corrected chi connectivity index (χ3v) is 18.2. The molecule has 0 N–H and O–H groups in total. The Labute approximate surface area is 479 Å². The summed E-state index contributed by atoms with van der Waals surface area (Å²) in [5.41, 5.74) is 16.4. The van der Waals surface area contributed by atoms with Crippen LogP contribution in [0, 0.1) is 0 Å². The maximum absolute atomic E-state index is 5.39. The minimum Gasteiger partial charge on any atom is -0.309 e. The molecule has 83 heavy (non-hydrogen) atoms. The van der Waals surface area contributed by atoms with Gasteiger partial charge in [0.25, 0.3) is 0 Å². The molecule has 0 saturated carbocycles. The quantitative estimate of drug-likeness (QED) is 0.160. The van der Waals surface area contributed by atoms with Crippen LogP contribution >= 0.6 is 11.3 Å². The minimum absolute atomic E-state index is 0.601. The molecular formula is C75H45N7S. The SMILES string of the molecule is c1ccc(-c2nc(-c3ccccc3)nc(-c3cc(-n4c5ccccc5c5c4ccc4c6ccccc6n(-c6ccccc6)c45)c4sc5ccc(-n6c7ccccc7c7c6ccc6c8ccccc8n(-c8ccccc8)c67)cc5c4c3)n2)cc1. The van der Waals surface area contributed by atoms with Crippen LogP contribution in [0.1, 0.15) is 0 Å². The van der Waals surface area contributed by atoms with Crippen molar-refractivity contribution in [3.8, 4) is 56.9 Å². The van der Waals surface area contributed by atoms with Gasteiger partial charge in [-0.05, 0) is 91.0 Å². The zero-order valence-corrected chi connectivity index (χ0v) is 45.3. The van der Waals surface area contributed by atoms with Crippen molar-refractivity contribution >= 4 is 119 Å². The van der Waals surface area contributed by atoms with Crippen molar-refractivity contribution in [2.45, 2.75) is 0 Å². The van der Waals surface area contributed by atoms with E-state index in [9.17, 15) is 0 Å². The molecule has 0 unspecified atom stereocenters. The summed E-state index contributed by atoms with van der Waals surface area (Å²) in [6, 6.07) is 98.6. The third-order valence-electron chi connectivity index (χ3n) is 17.0. The molecule has 8 heteroatoms. The van der Waals surface area contributed by atoms with Crippen molar-refractivity contribution in [3.63, 3.8) is 0 Å². The number of hydrogen-bond acceptors (Lipinski definition) is 4. The molecule has 0 aliphatic heterocycles. The summed E-state index contributed by atoms with van der Waals surface area (Å²) in [6.07, 6.45) is 0. The lowest BCUT2D eigenvalue weighted by atomic mass is 10.1. The second-order valence-corrected chi connectivity index (χ2v) is 22.5. The topological polar surface area (TPSA) is 58.4 Å². The van der Waals surface area contributed by atoms with Gasteiger partial charge in [-0.1, -0.05) is 182 Å². The molecule has 386 valence electrons. The van der Waals surface area contributed by atoms with Crippen LogP contribution in [0.15, 0.2) is 273 Å². The molecule has 12 aromatic carbocycles.